The van der Waals surface area contributed by atoms with Gasteiger partial charge in [0, 0.05) is 51.5 Å². The van der Waals surface area contributed by atoms with Crippen molar-refractivity contribution in [3.63, 3.8) is 0 Å². The van der Waals surface area contributed by atoms with Crippen molar-refractivity contribution in [2.75, 3.05) is 20.1 Å². The third kappa shape index (κ3) is 3.06. The highest BCUT2D eigenvalue weighted by Gasteiger charge is 2.21. The van der Waals surface area contributed by atoms with Crippen LogP contribution in [0.1, 0.15) is 18.7 Å². The van der Waals surface area contributed by atoms with Gasteiger partial charge in [0.2, 0.25) is 5.91 Å². The van der Waals surface area contributed by atoms with Gasteiger partial charge < -0.3 is 14.8 Å². The van der Waals surface area contributed by atoms with Crippen LogP contribution in [0.15, 0.2) is 12.4 Å². The highest BCUT2D eigenvalue weighted by molar-refractivity contribution is 5.76. The first-order valence-electron chi connectivity index (χ1n) is 6.12. The fraction of sp³-hybridized carbons (Fsp3) is 0.667. The number of carbonyl (C=O) groups is 1. The zero-order valence-electron chi connectivity index (χ0n) is 10.5. The topological polar surface area (TPSA) is 50.2 Å². The lowest BCUT2D eigenvalue weighted by molar-refractivity contribution is -0.132. The van der Waals surface area contributed by atoms with Gasteiger partial charge in [0.25, 0.3) is 0 Å². The number of carbonyl (C=O) groups excluding carboxylic acids is 1. The van der Waals surface area contributed by atoms with E-state index in [1.807, 2.05) is 31.3 Å². The van der Waals surface area contributed by atoms with Crippen LogP contribution in [-0.2, 0) is 11.3 Å². The molecule has 0 aliphatic carbocycles. The van der Waals surface area contributed by atoms with Crippen molar-refractivity contribution in [2.24, 2.45) is 0 Å². The smallest absolute Gasteiger partial charge is 0.222 e. The van der Waals surface area contributed by atoms with E-state index in [-0.39, 0.29) is 5.91 Å². The summed E-state index contributed by atoms with van der Waals surface area (Å²) in [6.07, 6.45) is 5.43. The van der Waals surface area contributed by atoms with Crippen LogP contribution in [0.25, 0.3) is 0 Å². The van der Waals surface area contributed by atoms with Gasteiger partial charge in [-0.15, -0.1) is 0 Å². The number of nitrogens with one attached hydrogen (secondary N) is 1. The molecule has 1 atom stereocenters. The summed E-state index contributed by atoms with van der Waals surface area (Å²) in [5, 5.41) is 3.50. The van der Waals surface area contributed by atoms with Crippen LogP contribution in [0.2, 0.25) is 0 Å². The maximum absolute atomic E-state index is 11.3. The molecule has 17 heavy (non-hydrogen) atoms. The Morgan fingerprint density at radius 2 is 2.41 bits per heavy atom. The maximum atomic E-state index is 11.3. The fourth-order valence-corrected chi connectivity index (χ4v) is 2.21. The van der Waals surface area contributed by atoms with Crippen LogP contribution in [0.5, 0.6) is 0 Å². The van der Waals surface area contributed by atoms with Crippen LogP contribution in [0.3, 0.4) is 0 Å². The molecule has 5 heteroatoms. The third-order valence-electron chi connectivity index (χ3n) is 3.34. The summed E-state index contributed by atoms with van der Waals surface area (Å²) in [6.45, 7) is 4.68. The van der Waals surface area contributed by atoms with Crippen LogP contribution < -0.4 is 5.32 Å². The van der Waals surface area contributed by atoms with Gasteiger partial charge in [-0.2, -0.15) is 0 Å². The predicted octanol–water partition coefficient (Wildman–Crippen LogP) is 0.402. The number of hydrogen-bond donors (Lipinski definition) is 1. The fourth-order valence-electron chi connectivity index (χ4n) is 2.21. The SMILES string of the molecule is Cc1nccn1CCNC1CCC(=O)N(C)C1. The van der Waals surface area contributed by atoms with Crippen molar-refractivity contribution in [3.8, 4) is 0 Å². The van der Waals surface area contributed by atoms with Crippen molar-refractivity contribution < 1.29 is 4.79 Å². The Morgan fingerprint density at radius 3 is 3.06 bits per heavy atom. The number of likely N-dealkylation sites (N-methyl/N-ethyl adjacent to an activating group) is 1. The summed E-state index contributed by atoms with van der Waals surface area (Å²) in [5.41, 5.74) is 0. The van der Waals surface area contributed by atoms with E-state index in [2.05, 4.69) is 14.9 Å². The van der Waals surface area contributed by atoms with Gasteiger partial charge in [-0.3, -0.25) is 4.79 Å². The molecule has 1 unspecified atom stereocenters. The van der Waals surface area contributed by atoms with Crippen LogP contribution >= 0.6 is 0 Å². The van der Waals surface area contributed by atoms with E-state index in [0.717, 1.165) is 31.9 Å². The van der Waals surface area contributed by atoms with Gasteiger partial charge in [-0.25, -0.2) is 4.98 Å². The molecule has 2 heterocycles. The zero-order chi connectivity index (χ0) is 12.3. The zero-order valence-corrected chi connectivity index (χ0v) is 10.5. The van der Waals surface area contributed by atoms with E-state index in [9.17, 15) is 4.79 Å². The highest BCUT2D eigenvalue weighted by Crippen LogP contribution is 2.09. The molecule has 1 saturated heterocycles. The van der Waals surface area contributed by atoms with E-state index in [1.54, 1.807) is 0 Å². The molecule has 1 aliphatic heterocycles. The summed E-state index contributed by atoms with van der Waals surface area (Å²) in [4.78, 5) is 17.3. The lowest BCUT2D eigenvalue weighted by Gasteiger charge is -2.30. The van der Waals surface area contributed by atoms with Gasteiger partial charge in [0.15, 0.2) is 0 Å². The largest absolute Gasteiger partial charge is 0.344 e. The van der Waals surface area contributed by atoms with Crippen molar-refractivity contribution in [2.45, 2.75) is 32.4 Å². The van der Waals surface area contributed by atoms with E-state index < -0.39 is 0 Å². The van der Waals surface area contributed by atoms with E-state index in [0.29, 0.717) is 12.5 Å². The monoisotopic (exact) mass is 236 g/mol. The Balaban J connectivity index is 1.72. The number of hydrogen-bond acceptors (Lipinski definition) is 3. The minimum Gasteiger partial charge on any atom is -0.344 e. The van der Waals surface area contributed by atoms with Gasteiger partial charge in [-0.05, 0) is 13.3 Å². The summed E-state index contributed by atoms with van der Waals surface area (Å²) >= 11 is 0. The van der Waals surface area contributed by atoms with E-state index in [1.165, 1.54) is 0 Å². The molecule has 1 N–H and O–H groups in total. The van der Waals surface area contributed by atoms with Crippen LogP contribution in [-0.4, -0.2) is 46.5 Å². The van der Waals surface area contributed by atoms with Crippen LogP contribution in [0, 0.1) is 6.92 Å². The molecular weight excluding hydrogens is 216 g/mol. The molecule has 1 aliphatic rings. The first-order valence-corrected chi connectivity index (χ1v) is 6.12. The minimum absolute atomic E-state index is 0.258. The van der Waals surface area contributed by atoms with Crippen molar-refractivity contribution in [3.05, 3.63) is 18.2 Å². The third-order valence-corrected chi connectivity index (χ3v) is 3.34. The van der Waals surface area contributed by atoms with Gasteiger partial charge in [-0.1, -0.05) is 0 Å². The number of aryl methyl sites for hydroxylation is 1. The molecule has 0 saturated carbocycles. The molecule has 0 aromatic carbocycles. The molecule has 0 bridgehead atoms. The van der Waals surface area contributed by atoms with Crippen molar-refractivity contribution >= 4 is 5.91 Å². The average Bonchev–Trinajstić information content (AvgIpc) is 2.70. The Labute approximate surface area is 102 Å². The quantitative estimate of drug-likeness (QED) is 0.823. The standard InChI is InChI=1S/C12H20N4O/c1-10-13-5-7-16(10)8-6-14-11-3-4-12(17)15(2)9-11/h5,7,11,14H,3-4,6,8-9H2,1-2H3. The molecule has 1 aromatic rings. The Kier molecular flexibility index (Phi) is 3.78. The molecule has 1 amide bonds. The minimum atomic E-state index is 0.258. The molecule has 2 rings (SSSR count). The molecule has 94 valence electrons. The second kappa shape index (κ2) is 5.31. The molecule has 5 nitrogen and oxygen atoms in total. The second-order valence-electron chi connectivity index (χ2n) is 4.63. The number of piperidine rings is 1. The normalized spacial score (nSPS) is 20.9. The van der Waals surface area contributed by atoms with Crippen molar-refractivity contribution in [1.82, 2.24) is 19.8 Å². The Bertz CT molecular complexity index is 388. The van der Waals surface area contributed by atoms with Gasteiger partial charge in [0.1, 0.15) is 5.82 Å². The lowest BCUT2D eigenvalue weighted by Crippen LogP contribution is -2.47. The number of rotatable bonds is 4. The van der Waals surface area contributed by atoms with Gasteiger partial charge in [0.05, 0.1) is 0 Å². The van der Waals surface area contributed by atoms with Crippen molar-refractivity contribution in [1.29, 1.82) is 0 Å². The summed E-state index contributed by atoms with van der Waals surface area (Å²) in [7, 11) is 1.87. The molecule has 0 spiro atoms. The van der Waals surface area contributed by atoms with E-state index in [4.69, 9.17) is 0 Å². The molecule has 1 aromatic heterocycles. The Morgan fingerprint density at radius 1 is 1.59 bits per heavy atom. The second-order valence-corrected chi connectivity index (χ2v) is 4.63. The Hall–Kier alpha value is -1.36. The van der Waals surface area contributed by atoms with Crippen LogP contribution in [0.4, 0.5) is 0 Å². The number of likely N-dealkylation sites (tertiary alicyclic amines) is 1. The first kappa shape index (κ1) is 12.1. The molecule has 1 fully saturated rings. The van der Waals surface area contributed by atoms with E-state index >= 15 is 0 Å². The molecule has 0 radical (unpaired) electrons. The number of imidazole rings is 1. The lowest BCUT2D eigenvalue weighted by atomic mass is 10.1. The first-order chi connectivity index (χ1) is 8.16. The maximum Gasteiger partial charge on any atom is 0.222 e. The highest BCUT2D eigenvalue weighted by atomic mass is 16.2. The van der Waals surface area contributed by atoms with Gasteiger partial charge >= 0.3 is 0 Å². The summed E-state index contributed by atoms with van der Waals surface area (Å²) in [5.74, 6) is 1.30. The average molecular weight is 236 g/mol. The summed E-state index contributed by atoms with van der Waals surface area (Å²) in [6, 6.07) is 0.432. The number of amides is 1. The number of nitrogens with zero attached hydrogens (tertiary/aromatic N) is 3. The number of aromatic nitrogens is 2. The summed E-state index contributed by atoms with van der Waals surface area (Å²) < 4.78 is 2.13. The predicted molar refractivity (Wildman–Crippen MR) is 65.6 cm³/mol. The molecular formula is C12H20N4O.